The molecule has 0 aliphatic rings. The molecule has 19 heavy (non-hydrogen) atoms. The van der Waals surface area contributed by atoms with Crippen LogP contribution in [0.25, 0.3) is 6.08 Å². The Hall–Kier alpha value is -2.00. The van der Waals surface area contributed by atoms with Crippen LogP contribution in [0.3, 0.4) is 0 Å². The first-order valence-corrected chi connectivity index (χ1v) is 7.44. The van der Waals surface area contributed by atoms with Gasteiger partial charge in [-0.05, 0) is 30.7 Å². The topological polar surface area (TPSA) is 76.4 Å². The highest BCUT2D eigenvalue weighted by Crippen LogP contribution is 2.29. The second-order valence-electron chi connectivity index (χ2n) is 3.74. The molecule has 6 heteroatoms. The first-order valence-electron chi connectivity index (χ1n) is 5.55. The summed E-state index contributed by atoms with van der Waals surface area (Å²) in [6.45, 7) is 2.29. The molecule has 0 aliphatic heterocycles. The van der Waals surface area contributed by atoms with Crippen molar-refractivity contribution < 1.29 is 17.9 Å². The zero-order chi connectivity index (χ0) is 14.5. The van der Waals surface area contributed by atoms with Crippen LogP contribution >= 0.6 is 0 Å². The zero-order valence-corrected chi connectivity index (χ0v) is 11.8. The molecule has 0 fully saturated rings. The average molecular weight is 281 g/mol. The number of sulfone groups is 1. The van der Waals surface area contributed by atoms with E-state index in [1.54, 1.807) is 24.3 Å². The Labute approximate surface area is 113 Å². The Morgan fingerprint density at radius 1 is 1.42 bits per heavy atom. The smallest absolute Gasteiger partial charge is 0.185 e. The number of benzene rings is 1. The Bertz CT molecular complexity index is 627. The van der Waals surface area contributed by atoms with Gasteiger partial charge in [0, 0.05) is 6.26 Å². The number of hydrogen-bond donors (Lipinski definition) is 0. The fraction of sp³-hybridized carbons (Fsp3) is 0.308. The Morgan fingerprint density at radius 2 is 2.11 bits per heavy atom. The molecule has 0 radical (unpaired) electrons. The van der Waals surface area contributed by atoms with Crippen molar-refractivity contribution in [3.8, 4) is 17.6 Å². The van der Waals surface area contributed by atoms with E-state index in [0.29, 0.717) is 23.7 Å². The van der Waals surface area contributed by atoms with Gasteiger partial charge >= 0.3 is 0 Å². The predicted molar refractivity (Wildman–Crippen MR) is 72.6 cm³/mol. The fourth-order valence-corrected chi connectivity index (χ4v) is 1.94. The number of hydrogen-bond acceptors (Lipinski definition) is 5. The molecule has 0 aromatic heterocycles. The van der Waals surface area contributed by atoms with Crippen LogP contribution in [0.5, 0.6) is 11.5 Å². The van der Waals surface area contributed by atoms with Gasteiger partial charge in [-0.15, -0.1) is 0 Å². The van der Waals surface area contributed by atoms with E-state index in [1.165, 1.54) is 13.2 Å². The molecule has 0 aliphatic carbocycles. The van der Waals surface area contributed by atoms with E-state index in [4.69, 9.17) is 14.7 Å². The molecule has 0 unspecified atom stereocenters. The van der Waals surface area contributed by atoms with Crippen molar-refractivity contribution in [3.63, 3.8) is 0 Å². The largest absolute Gasteiger partial charge is 0.493 e. The lowest BCUT2D eigenvalue weighted by atomic mass is 10.2. The second kappa shape index (κ2) is 6.25. The van der Waals surface area contributed by atoms with Gasteiger partial charge in [0.1, 0.15) is 11.0 Å². The van der Waals surface area contributed by atoms with Crippen molar-refractivity contribution >= 4 is 15.9 Å². The maximum atomic E-state index is 11.4. The lowest BCUT2D eigenvalue weighted by Gasteiger charge is -2.09. The van der Waals surface area contributed by atoms with Gasteiger partial charge < -0.3 is 9.47 Å². The minimum Gasteiger partial charge on any atom is -0.493 e. The maximum absolute atomic E-state index is 11.4. The molecular weight excluding hydrogens is 266 g/mol. The van der Waals surface area contributed by atoms with Crippen molar-refractivity contribution in [2.45, 2.75) is 6.92 Å². The van der Waals surface area contributed by atoms with Crippen LogP contribution in [-0.4, -0.2) is 28.4 Å². The summed E-state index contributed by atoms with van der Waals surface area (Å²) in [7, 11) is -2.01. The third-order valence-corrected chi connectivity index (χ3v) is 3.30. The van der Waals surface area contributed by atoms with Gasteiger partial charge in [-0.3, -0.25) is 0 Å². The van der Waals surface area contributed by atoms with Gasteiger partial charge in [-0.25, -0.2) is 8.42 Å². The Kier molecular flexibility index (Phi) is 4.95. The van der Waals surface area contributed by atoms with Crippen LogP contribution in [0.1, 0.15) is 12.5 Å². The summed E-state index contributed by atoms with van der Waals surface area (Å²) >= 11 is 0. The summed E-state index contributed by atoms with van der Waals surface area (Å²) in [5, 5.41) is 8.84. The molecule has 0 heterocycles. The Morgan fingerprint density at radius 3 is 2.58 bits per heavy atom. The summed E-state index contributed by atoms with van der Waals surface area (Å²) in [5.41, 5.74) is 0.561. The van der Waals surface area contributed by atoms with Crippen molar-refractivity contribution in [1.29, 1.82) is 5.26 Å². The van der Waals surface area contributed by atoms with Crippen LogP contribution in [0.4, 0.5) is 0 Å². The van der Waals surface area contributed by atoms with Crippen LogP contribution < -0.4 is 9.47 Å². The first kappa shape index (κ1) is 15.1. The monoisotopic (exact) mass is 281 g/mol. The van der Waals surface area contributed by atoms with Gasteiger partial charge in [0.05, 0.1) is 13.7 Å². The van der Waals surface area contributed by atoms with E-state index in [2.05, 4.69) is 0 Å². The molecule has 0 bridgehead atoms. The first-order chi connectivity index (χ1) is 8.92. The number of rotatable bonds is 5. The van der Waals surface area contributed by atoms with Gasteiger partial charge in [0.15, 0.2) is 21.3 Å². The number of nitrogens with zero attached hydrogens (tertiary/aromatic N) is 1. The van der Waals surface area contributed by atoms with Gasteiger partial charge in [0.25, 0.3) is 0 Å². The molecule has 0 spiro atoms. The van der Waals surface area contributed by atoms with Gasteiger partial charge in [-0.2, -0.15) is 5.26 Å². The normalized spacial score (nSPS) is 11.8. The standard InChI is InChI=1S/C13H15NO4S/c1-4-18-13-8-10(5-6-12(13)17-2)7-11(9-14)19(3,15)16/h5-8H,4H2,1-3H3. The molecule has 0 amide bonds. The van der Waals surface area contributed by atoms with Crippen LogP contribution in [0.2, 0.25) is 0 Å². The van der Waals surface area contributed by atoms with Crippen molar-refractivity contribution in [2.75, 3.05) is 20.0 Å². The minimum absolute atomic E-state index is 0.292. The Balaban J connectivity index is 3.27. The fourth-order valence-electron chi connectivity index (χ4n) is 1.42. The summed E-state index contributed by atoms with van der Waals surface area (Å²) < 4.78 is 33.2. The van der Waals surface area contributed by atoms with Crippen molar-refractivity contribution in [3.05, 3.63) is 28.7 Å². The predicted octanol–water partition coefficient (Wildman–Crippen LogP) is 2.00. The lowest BCUT2D eigenvalue weighted by molar-refractivity contribution is 0.311. The van der Waals surface area contributed by atoms with Crippen molar-refractivity contribution in [1.82, 2.24) is 0 Å². The average Bonchev–Trinajstić information content (AvgIpc) is 2.35. The summed E-state index contributed by atoms with van der Waals surface area (Å²) in [5.74, 6) is 1.06. The molecule has 5 nitrogen and oxygen atoms in total. The zero-order valence-electron chi connectivity index (χ0n) is 11.0. The van der Waals surface area contributed by atoms with Crippen LogP contribution in [-0.2, 0) is 9.84 Å². The van der Waals surface area contributed by atoms with Crippen LogP contribution in [0.15, 0.2) is 23.1 Å². The molecule has 0 atom stereocenters. The lowest BCUT2D eigenvalue weighted by Crippen LogP contribution is -1.99. The van der Waals surface area contributed by atoms with E-state index in [1.807, 2.05) is 6.92 Å². The number of ether oxygens (including phenoxy) is 2. The summed E-state index contributed by atoms with van der Waals surface area (Å²) in [6, 6.07) is 6.62. The van der Waals surface area contributed by atoms with E-state index in [0.717, 1.165) is 6.26 Å². The highest BCUT2D eigenvalue weighted by molar-refractivity contribution is 7.95. The highest BCUT2D eigenvalue weighted by Gasteiger charge is 2.11. The molecule has 102 valence electrons. The maximum Gasteiger partial charge on any atom is 0.185 e. The molecule has 0 saturated heterocycles. The van der Waals surface area contributed by atoms with E-state index < -0.39 is 9.84 Å². The second-order valence-corrected chi connectivity index (χ2v) is 5.72. The van der Waals surface area contributed by atoms with Crippen LogP contribution in [0, 0.1) is 11.3 Å². The SMILES string of the molecule is CCOc1cc(C=C(C#N)S(C)(=O)=O)ccc1OC. The summed E-state index contributed by atoms with van der Waals surface area (Å²) in [4.78, 5) is -0.292. The molecular formula is C13H15NO4S. The minimum atomic E-state index is -3.53. The third kappa shape index (κ3) is 4.00. The number of nitriles is 1. The van der Waals surface area contributed by atoms with E-state index in [9.17, 15) is 8.42 Å². The molecule has 1 aromatic carbocycles. The summed E-state index contributed by atoms with van der Waals surface area (Å²) in [6.07, 6.45) is 2.30. The number of allylic oxidation sites excluding steroid dienone is 1. The molecule has 0 N–H and O–H groups in total. The highest BCUT2D eigenvalue weighted by atomic mass is 32.2. The van der Waals surface area contributed by atoms with E-state index >= 15 is 0 Å². The molecule has 1 aromatic rings. The van der Waals surface area contributed by atoms with Gasteiger partial charge in [-0.1, -0.05) is 6.07 Å². The van der Waals surface area contributed by atoms with E-state index in [-0.39, 0.29) is 4.91 Å². The number of methoxy groups -OCH3 is 1. The van der Waals surface area contributed by atoms with Gasteiger partial charge in [0.2, 0.25) is 0 Å². The molecule has 1 rings (SSSR count). The third-order valence-electron chi connectivity index (χ3n) is 2.29. The van der Waals surface area contributed by atoms with Crippen molar-refractivity contribution in [2.24, 2.45) is 0 Å². The quantitative estimate of drug-likeness (QED) is 0.771. The molecule has 0 saturated carbocycles.